The fourth-order valence-corrected chi connectivity index (χ4v) is 3.33. The predicted molar refractivity (Wildman–Crippen MR) is 75.6 cm³/mol. The minimum Gasteiger partial charge on any atom is -0.490 e. The van der Waals surface area contributed by atoms with Gasteiger partial charge in [0.05, 0.1) is 13.2 Å². The second-order valence-electron chi connectivity index (χ2n) is 5.72. The monoisotopic (exact) mass is 261 g/mol. The van der Waals surface area contributed by atoms with E-state index in [9.17, 15) is 0 Å². The molecule has 104 valence electrons. The van der Waals surface area contributed by atoms with Gasteiger partial charge in [0.2, 0.25) is 0 Å². The van der Waals surface area contributed by atoms with Gasteiger partial charge in [-0.1, -0.05) is 12.5 Å². The van der Waals surface area contributed by atoms with Gasteiger partial charge in [-0.05, 0) is 55.3 Å². The van der Waals surface area contributed by atoms with Crippen molar-refractivity contribution in [2.45, 2.75) is 32.1 Å². The summed E-state index contributed by atoms with van der Waals surface area (Å²) in [7, 11) is 0. The molecule has 0 bridgehead atoms. The lowest BCUT2D eigenvalue weighted by Gasteiger charge is -2.18. The number of hydrogen-bond acceptors (Lipinski definition) is 3. The van der Waals surface area contributed by atoms with E-state index in [1.54, 1.807) is 0 Å². The van der Waals surface area contributed by atoms with Crippen molar-refractivity contribution in [1.82, 2.24) is 0 Å². The molecule has 2 atom stereocenters. The Morgan fingerprint density at radius 1 is 1.00 bits per heavy atom. The zero-order valence-corrected chi connectivity index (χ0v) is 11.4. The molecule has 1 aromatic carbocycles. The Balaban J connectivity index is 1.73. The smallest absolute Gasteiger partial charge is 0.161 e. The van der Waals surface area contributed by atoms with Crippen LogP contribution in [0.3, 0.4) is 0 Å². The number of rotatable bonds is 3. The summed E-state index contributed by atoms with van der Waals surface area (Å²) in [5, 5.41) is 0. The van der Waals surface area contributed by atoms with E-state index in [0.29, 0.717) is 5.92 Å². The summed E-state index contributed by atoms with van der Waals surface area (Å²) in [4.78, 5) is 0. The third-order valence-electron chi connectivity index (χ3n) is 4.43. The maximum absolute atomic E-state index is 5.86. The van der Waals surface area contributed by atoms with E-state index in [2.05, 4.69) is 18.2 Å². The largest absolute Gasteiger partial charge is 0.490 e. The van der Waals surface area contributed by atoms with Crippen LogP contribution in [-0.2, 0) is 6.42 Å². The van der Waals surface area contributed by atoms with Crippen LogP contribution in [-0.4, -0.2) is 19.8 Å². The minimum absolute atomic E-state index is 0.705. The first kappa shape index (κ1) is 12.8. The molecule has 1 fully saturated rings. The summed E-state index contributed by atoms with van der Waals surface area (Å²) in [5.74, 6) is 3.26. The molecule has 2 aliphatic rings. The normalized spacial score (nSPS) is 26.2. The van der Waals surface area contributed by atoms with Gasteiger partial charge in [0, 0.05) is 6.42 Å². The van der Waals surface area contributed by atoms with E-state index in [4.69, 9.17) is 15.2 Å². The van der Waals surface area contributed by atoms with Gasteiger partial charge in [0.15, 0.2) is 11.5 Å². The molecule has 0 aromatic heterocycles. The lowest BCUT2D eigenvalue weighted by Crippen LogP contribution is -2.20. The molecule has 0 amide bonds. The maximum atomic E-state index is 5.86. The van der Waals surface area contributed by atoms with Crippen LogP contribution in [0.15, 0.2) is 18.2 Å². The van der Waals surface area contributed by atoms with Crippen molar-refractivity contribution in [3.63, 3.8) is 0 Å². The SMILES string of the molecule is NCC1CCCC1Cc1ccc2c(c1)OCCCO2. The van der Waals surface area contributed by atoms with Gasteiger partial charge >= 0.3 is 0 Å². The lowest BCUT2D eigenvalue weighted by molar-refractivity contribution is 0.297. The van der Waals surface area contributed by atoms with Gasteiger partial charge in [-0.25, -0.2) is 0 Å². The molecule has 3 nitrogen and oxygen atoms in total. The van der Waals surface area contributed by atoms with E-state index in [1.165, 1.54) is 24.8 Å². The topological polar surface area (TPSA) is 44.5 Å². The van der Waals surface area contributed by atoms with Crippen molar-refractivity contribution in [1.29, 1.82) is 0 Å². The van der Waals surface area contributed by atoms with Gasteiger partial charge in [0.1, 0.15) is 0 Å². The summed E-state index contributed by atoms with van der Waals surface area (Å²) in [6.45, 7) is 2.34. The molecule has 1 aliphatic carbocycles. The van der Waals surface area contributed by atoms with Gasteiger partial charge in [-0.15, -0.1) is 0 Å². The van der Waals surface area contributed by atoms with E-state index in [0.717, 1.165) is 50.0 Å². The Kier molecular flexibility index (Phi) is 3.92. The van der Waals surface area contributed by atoms with Crippen molar-refractivity contribution < 1.29 is 9.47 Å². The van der Waals surface area contributed by atoms with Crippen LogP contribution in [0.5, 0.6) is 11.5 Å². The molecule has 3 heteroatoms. The van der Waals surface area contributed by atoms with Gasteiger partial charge in [-0.3, -0.25) is 0 Å². The lowest BCUT2D eigenvalue weighted by atomic mass is 9.89. The van der Waals surface area contributed by atoms with Crippen LogP contribution in [0.2, 0.25) is 0 Å². The summed E-state index contributed by atoms with van der Waals surface area (Å²) in [6.07, 6.45) is 6.03. The fraction of sp³-hybridized carbons (Fsp3) is 0.625. The summed E-state index contributed by atoms with van der Waals surface area (Å²) in [5.41, 5.74) is 7.22. The molecule has 2 N–H and O–H groups in total. The number of fused-ring (bicyclic) bond motifs is 1. The van der Waals surface area contributed by atoms with Gasteiger partial charge < -0.3 is 15.2 Å². The molecular formula is C16H23NO2. The Bertz CT molecular complexity index is 433. The molecule has 19 heavy (non-hydrogen) atoms. The number of nitrogens with two attached hydrogens (primary N) is 1. The van der Waals surface area contributed by atoms with Crippen molar-refractivity contribution >= 4 is 0 Å². The van der Waals surface area contributed by atoms with E-state index in [1.807, 2.05) is 0 Å². The average molecular weight is 261 g/mol. The standard InChI is InChI=1S/C16H23NO2/c17-11-14-4-1-3-13(14)9-12-5-6-15-16(10-12)19-8-2-7-18-15/h5-6,10,13-14H,1-4,7-9,11,17H2. The molecule has 0 spiro atoms. The quantitative estimate of drug-likeness (QED) is 0.910. The Morgan fingerprint density at radius 3 is 2.63 bits per heavy atom. The van der Waals surface area contributed by atoms with Crippen LogP contribution >= 0.6 is 0 Å². The highest BCUT2D eigenvalue weighted by Gasteiger charge is 2.26. The van der Waals surface area contributed by atoms with Gasteiger partial charge in [0.25, 0.3) is 0 Å². The third kappa shape index (κ3) is 2.86. The van der Waals surface area contributed by atoms with Crippen molar-refractivity contribution in [2.24, 2.45) is 17.6 Å². The minimum atomic E-state index is 0.705. The van der Waals surface area contributed by atoms with Crippen molar-refractivity contribution in [3.8, 4) is 11.5 Å². The van der Waals surface area contributed by atoms with E-state index in [-0.39, 0.29) is 0 Å². The summed E-state index contributed by atoms with van der Waals surface area (Å²) < 4.78 is 11.4. The Morgan fingerprint density at radius 2 is 1.79 bits per heavy atom. The first-order valence-electron chi connectivity index (χ1n) is 7.45. The van der Waals surface area contributed by atoms with Crippen molar-refractivity contribution in [3.05, 3.63) is 23.8 Å². The molecule has 2 unspecified atom stereocenters. The highest BCUT2D eigenvalue weighted by atomic mass is 16.5. The maximum Gasteiger partial charge on any atom is 0.161 e. The molecule has 1 heterocycles. The highest BCUT2D eigenvalue weighted by Crippen LogP contribution is 2.36. The van der Waals surface area contributed by atoms with Crippen LogP contribution in [0.4, 0.5) is 0 Å². The van der Waals surface area contributed by atoms with Crippen LogP contribution < -0.4 is 15.2 Å². The second kappa shape index (κ2) is 5.83. The second-order valence-corrected chi connectivity index (χ2v) is 5.72. The zero-order valence-electron chi connectivity index (χ0n) is 11.4. The van der Waals surface area contributed by atoms with Crippen LogP contribution in [0.25, 0.3) is 0 Å². The average Bonchev–Trinajstić information content (AvgIpc) is 2.74. The van der Waals surface area contributed by atoms with E-state index >= 15 is 0 Å². The van der Waals surface area contributed by atoms with Crippen LogP contribution in [0, 0.1) is 11.8 Å². The Labute approximate surface area is 115 Å². The molecule has 1 aromatic rings. The molecule has 0 radical (unpaired) electrons. The first-order valence-corrected chi connectivity index (χ1v) is 7.45. The number of benzene rings is 1. The van der Waals surface area contributed by atoms with Crippen molar-refractivity contribution in [2.75, 3.05) is 19.8 Å². The highest BCUT2D eigenvalue weighted by molar-refractivity contribution is 5.43. The molecule has 3 rings (SSSR count). The van der Waals surface area contributed by atoms with Crippen LogP contribution in [0.1, 0.15) is 31.2 Å². The zero-order chi connectivity index (χ0) is 13.1. The molecular weight excluding hydrogens is 238 g/mol. The molecule has 0 saturated heterocycles. The number of hydrogen-bond donors (Lipinski definition) is 1. The molecule has 1 saturated carbocycles. The summed E-state index contributed by atoms with van der Waals surface area (Å²) in [6, 6.07) is 6.40. The third-order valence-corrected chi connectivity index (χ3v) is 4.43. The predicted octanol–water partition coefficient (Wildman–Crippen LogP) is 2.77. The summed E-state index contributed by atoms with van der Waals surface area (Å²) >= 11 is 0. The fourth-order valence-electron chi connectivity index (χ4n) is 3.33. The van der Waals surface area contributed by atoms with E-state index < -0.39 is 0 Å². The Hall–Kier alpha value is -1.22. The molecule has 1 aliphatic heterocycles. The first-order chi connectivity index (χ1) is 9.36. The number of ether oxygens (including phenoxy) is 2. The van der Waals surface area contributed by atoms with Gasteiger partial charge in [-0.2, -0.15) is 0 Å².